The maximum absolute atomic E-state index is 14.6. The average Bonchev–Trinajstić information content (AvgIpc) is 3.35. The third-order valence-electron chi connectivity index (χ3n) is 15.4. The maximum Gasteiger partial charge on any atom is 0.329 e. The Hall–Kier alpha value is -4.18. The third-order valence-corrected chi connectivity index (χ3v) is 15.4. The fourth-order valence-electron chi connectivity index (χ4n) is 11.2. The quantitative estimate of drug-likeness (QED) is 0.0883. The van der Waals surface area contributed by atoms with E-state index in [1.807, 2.05) is 70.2 Å². The molecule has 2 bridgehead atoms. The highest BCUT2D eigenvalue weighted by Crippen LogP contribution is 2.41. The number of ketones is 2. The van der Waals surface area contributed by atoms with Crippen LogP contribution in [0, 0.1) is 29.6 Å². The van der Waals surface area contributed by atoms with Crippen LogP contribution in [-0.2, 0) is 42.9 Å². The minimum Gasteiger partial charge on any atom is -0.497 e. The molecule has 1 aliphatic carbocycles. The lowest BCUT2D eigenvalue weighted by Crippen LogP contribution is -2.64. The van der Waals surface area contributed by atoms with Gasteiger partial charge in [-0.15, -0.1) is 0 Å². The van der Waals surface area contributed by atoms with Crippen LogP contribution in [0.3, 0.4) is 0 Å². The number of benzene rings is 1. The Morgan fingerprint density at radius 1 is 0.871 bits per heavy atom. The van der Waals surface area contributed by atoms with Crippen molar-refractivity contribution >= 4 is 29.5 Å². The second kappa shape index (κ2) is 26.0. The molecule has 14 heteroatoms. The van der Waals surface area contributed by atoms with E-state index in [0.717, 1.165) is 16.7 Å². The molecular weight excluding hydrogens is 895 g/mol. The normalized spacial score (nSPS) is 35.7. The van der Waals surface area contributed by atoms with Gasteiger partial charge in [-0.1, -0.05) is 69.7 Å². The van der Waals surface area contributed by atoms with Gasteiger partial charge in [0.15, 0.2) is 0 Å². The molecular formula is C56H83NO13. The number of amides is 1. The number of piperidine rings is 1. The second-order valence-electron chi connectivity index (χ2n) is 20.6. The summed E-state index contributed by atoms with van der Waals surface area (Å²) in [5.41, 5.74) is 1.67. The zero-order chi connectivity index (χ0) is 51.3. The number of ether oxygens (including phenoxy) is 7. The number of hydrogen-bond acceptors (Lipinski definition) is 13. The van der Waals surface area contributed by atoms with Crippen LogP contribution in [-0.4, -0.2) is 129 Å². The summed E-state index contributed by atoms with van der Waals surface area (Å²) in [4.78, 5) is 58.6. The maximum atomic E-state index is 14.6. The van der Waals surface area contributed by atoms with Crippen LogP contribution in [0.2, 0.25) is 0 Å². The summed E-state index contributed by atoms with van der Waals surface area (Å²) in [6.07, 6.45) is 14.9. The van der Waals surface area contributed by atoms with E-state index in [0.29, 0.717) is 75.7 Å². The summed E-state index contributed by atoms with van der Waals surface area (Å²) in [6.45, 7) is 11.8. The highest BCUT2D eigenvalue weighted by Gasteiger charge is 2.56. The first kappa shape index (κ1) is 56.7. The fourth-order valence-corrected chi connectivity index (χ4v) is 11.2. The van der Waals surface area contributed by atoms with E-state index in [9.17, 15) is 29.4 Å². The molecule has 0 aromatic heterocycles. The molecule has 13 atom stereocenters. The predicted octanol–water partition coefficient (Wildman–Crippen LogP) is 8.55. The first-order valence-electron chi connectivity index (χ1n) is 25.6. The van der Waals surface area contributed by atoms with Gasteiger partial charge in [-0.2, -0.15) is 0 Å². The highest BCUT2D eigenvalue weighted by atomic mass is 16.7. The topological polar surface area (TPSA) is 177 Å². The Kier molecular flexibility index (Phi) is 21.0. The summed E-state index contributed by atoms with van der Waals surface area (Å²) in [7, 11) is 7.93. The highest BCUT2D eigenvalue weighted by molar-refractivity contribution is 6.39. The Morgan fingerprint density at radius 3 is 2.20 bits per heavy atom. The van der Waals surface area contributed by atoms with Crippen molar-refractivity contribution in [3.8, 4) is 11.5 Å². The predicted molar refractivity (Wildman–Crippen MR) is 268 cm³/mol. The zero-order valence-electron chi connectivity index (χ0n) is 43.8. The molecule has 1 saturated carbocycles. The summed E-state index contributed by atoms with van der Waals surface area (Å²) in [5, 5.41) is 24.1. The lowest BCUT2D eigenvalue weighted by molar-refractivity contribution is -0.302. The number of rotatable bonds is 12. The molecule has 3 fully saturated rings. The van der Waals surface area contributed by atoms with E-state index in [1.165, 1.54) is 4.90 Å². The molecule has 4 aliphatic rings. The van der Waals surface area contributed by atoms with Crippen LogP contribution in [0.15, 0.2) is 59.7 Å². The molecule has 5 rings (SSSR count). The van der Waals surface area contributed by atoms with E-state index in [4.69, 9.17) is 33.2 Å². The number of nitrogens with zero attached hydrogens (tertiary/aromatic N) is 1. The Morgan fingerprint density at radius 2 is 1.56 bits per heavy atom. The summed E-state index contributed by atoms with van der Waals surface area (Å²) in [6, 6.07) is 4.55. The summed E-state index contributed by atoms with van der Waals surface area (Å²) < 4.78 is 41.3. The zero-order valence-corrected chi connectivity index (χ0v) is 43.8. The van der Waals surface area contributed by atoms with Gasteiger partial charge < -0.3 is 48.3 Å². The first-order chi connectivity index (χ1) is 33.3. The number of hydrogen-bond donors (Lipinski definition) is 2. The molecule has 2 saturated heterocycles. The average molecular weight is 978 g/mol. The van der Waals surface area contributed by atoms with E-state index in [-0.39, 0.29) is 55.3 Å². The molecule has 1 aromatic carbocycles. The van der Waals surface area contributed by atoms with Crippen molar-refractivity contribution in [1.82, 2.24) is 4.90 Å². The minimum atomic E-state index is -2.49. The number of cyclic esters (lactones) is 1. The van der Waals surface area contributed by atoms with Crippen LogP contribution >= 0.6 is 0 Å². The van der Waals surface area contributed by atoms with Gasteiger partial charge in [-0.25, -0.2) is 4.79 Å². The monoisotopic (exact) mass is 978 g/mol. The fraction of sp³-hybridized carbons (Fsp3) is 0.679. The molecule has 1 aromatic rings. The van der Waals surface area contributed by atoms with E-state index >= 15 is 0 Å². The van der Waals surface area contributed by atoms with Crippen molar-refractivity contribution in [2.75, 3.05) is 42.1 Å². The lowest BCUT2D eigenvalue weighted by Gasteiger charge is -2.47. The molecule has 0 spiro atoms. The number of Topliss-reactive ketones (excluding diaryl/α,β-unsaturated/α-hetero) is 2. The standard InChI is InChI=1S/C56H83NO13/c1-12-42-27-35(2)26-36(3)28-47(66-9)51-48(67-10)30-39(6)56(63,70-51)52(59)53(60)57-25-17-15-19-45(57)54(61)69-50(37(4)20-21-46(42)58)38(5)29-41-22-24-55(62,49(33-41)68-11)23-16-13-14-18-40-31-43(64-7)34-44(32-40)65-8/h13-14,16,18,27,29,31-32,34,36-37,39,41-42,45,47-51,62-63H,12,15,17,19-26,28,30,33H2,1-11H3/b16-13?,18-14?,35-27+,38-29?. The van der Waals surface area contributed by atoms with Gasteiger partial charge in [0.25, 0.3) is 11.7 Å². The first-order valence-corrected chi connectivity index (χ1v) is 25.6. The van der Waals surface area contributed by atoms with Gasteiger partial charge in [0.1, 0.15) is 35.5 Å². The minimum absolute atomic E-state index is 0.0161. The number of carbonyl (C=O) groups is 4. The molecule has 0 radical (unpaired) electrons. The van der Waals surface area contributed by atoms with Gasteiger partial charge in [0.05, 0.1) is 38.1 Å². The van der Waals surface area contributed by atoms with Gasteiger partial charge in [0.2, 0.25) is 5.79 Å². The molecule has 390 valence electrons. The molecule has 3 aliphatic heterocycles. The van der Waals surface area contributed by atoms with Crippen molar-refractivity contribution < 1.29 is 62.5 Å². The van der Waals surface area contributed by atoms with Crippen LogP contribution < -0.4 is 9.47 Å². The van der Waals surface area contributed by atoms with E-state index < -0.39 is 71.5 Å². The number of esters is 1. The van der Waals surface area contributed by atoms with Gasteiger partial charge >= 0.3 is 5.97 Å². The Balaban J connectivity index is 1.41. The van der Waals surface area contributed by atoms with Crippen molar-refractivity contribution in [3.05, 3.63) is 65.3 Å². The van der Waals surface area contributed by atoms with Crippen molar-refractivity contribution in [3.63, 3.8) is 0 Å². The molecule has 3 heterocycles. The number of aliphatic hydroxyl groups is 2. The van der Waals surface area contributed by atoms with E-state index in [1.54, 1.807) is 42.5 Å². The smallest absolute Gasteiger partial charge is 0.329 e. The number of fused-ring (bicyclic) bond motifs is 3. The van der Waals surface area contributed by atoms with Crippen molar-refractivity contribution in [1.29, 1.82) is 0 Å². The Labute approximate surface area is 417 Å². The van der Waals surface area contributed by atoms with Crippen molar-refractivity contribution in [2.24, 2.45) is 29.6 Å². The third kappa shape index (κ3) is 14.1. The van der Waals surface area contributed by atoms with Crippen molar-refractivity contribution in [2.45, 2.75) is 173 Å². The largest absolute Gasteiger partial charge is 0.497 e. The number of carbonyl (C=O) groups excluding carboxylic acids is 4. The van der Waals surface area contributed by atoms with Crippen LogP contribution in [0.5, 0.6) is 11.5 Å². The molecule has 1 amide bonds. The van der Waals surface area contributed by atoms with Gasteiger partial charge in [-0.05, 0) is 132 Å². The van der Waals surface area contributed by atoms with Gasteiger partial charge in [-0.3, -0.25) is 14.4 Å². The molecule has 14 nitrogen and oxygen atoms in total. The summed E-state index contributed by atoms with van der Waals surface area (Å²) >= 11 is 0. The van der Waals surface area contributed by atoms with E-state index in [2.05, 4.69) is 19.1 Å². The van der Waals surface area contributed by atoms with Crippen LogP contribution in [0.4, 0.5) is 0 Å². The summed E-state index contributed by atoms with van der Waals surface area (Å²) in [5.74, 6) is -5.13. The SMILES string of the molecule is CCC1/C=C(\C)CC(C)CC(OC)C2OC(O)(C(=O)C(=O)N3CCCCC3C(=O)OC(C(C)=CC3CCC(O)(CC=CC=Cc4cc(OC)cc(OC)c4)C(OC)C3)C(C)CCC1=O)C(C)CC2OC. The second-order valence-corrected chi connectivity index (χ2v) is 20.6. The molecule has 70 heavy (non-hydrogen) atoms. The molecule has 2 N–H and O–H groups in total. The van der Waals surface area contributed by atoms with Gasteiger partial charge in [0, 0.05) is 52.2 Å². The molecule has 13 unspecified atom stereocenters. The number of allylic oxidation sites excluding steroid dienone is 5. The lowest BCUT2D eigenvalue weighted by atomic mass is 9.74. The number of methoxy groups -OCH3 is 5. The van der Waals surface area contributed by atoms with Crippen LogP contribution in [0.1, 0.15) is 131 Å². The Bertz CT molecular complexity index is 2040. The van der Waals surface area contributed by atoms with Crippen LogP contribution in [0.25, 0.3) is 6.08 Å².